The van der Waals surface area contributed by atoms with Crippen LogP contribution in [0.2, 0.25) is 0 Å². The van der Waals surface area contributed by atoms with Crippen molar-refractivity contribution in [2.75, 3.05) is 36.4 Å². The van der Waals surface area contributed by atoms with E-state index < -0.39 is 0 Å². The number of nitrogens with zero attached hydrogens (tertiary/aromatic N) is 4. The van der Waals surface area contributed by atoms with Crippen molar-refractivity contribution in [3.63, 3.8) is 0 Å². The number of halogens is 1. The highest BCUT2D eigenvalue weighted by Gasteiger charge is 2.17. The number of nitrogens with one attached hydrogen (secondary N) is 1. The number of benzene rings is 1. The van der Waals surface area contributed by atoms with Crippen LogP contribution in [-0.4, -0.2) is 47.5 Å². The molecule has 1 fully saturated rings. The van der Waals surface area contributed by atoms with Crippen LogP contribution in [0.4, 0.5) is 17.5 Å². The van der Waals surface area contributed by atoms with Crippen LogP contribution >= 0.6 is 15.9 Å². The quantitative estimate of drug-likeness (QED) is 0.814. The Morgan fingerprint density at radius 3 is 2.54 bits per heavy atom. The number of anilines is 3. The largest absolute Gasteiger partial charge is 0.353 e. The summed E-state index contributed by atoms with van der Waals surface area (Å²) in [4.78, 5) is 23.9. The second-order valence-electron chi connectivity index (χ2n) is 5.91. The molecule has 0 saturated carbocycles. The third-order valence-corrected chi connectivity index (χ3v) is 4.91. The molecular weight excluding hydrogens is 370 g/mol. The number of rotatable bonds is 4. The van der Waals surface area contributed by atoms with Crippen molar-refractivity contribution in [3.8, 4) is 0 Å². The SMILES string of the molecule is Cc1cc(N2CCN(C=O)CC2)nc(Nc2ccc(C)c(Br)c2)n1. The van der Waals surface area contributed by atoms with Crippen molar-refractivity contribution in [2.45, 2.75) is 13.8 Å². The van der Waals surface area contributed by atoms with Crippen LogP contribution in [-0.2, 0) is 4.79 Å². The van der Waals surface area contributed by atoms with Crippen molar-refractivity contribution in [1.82, 2.24) is 14.9 Å². The molecule has 1 N–H and O–H groups in total. The predicted octanol–water partition coefficient (Wildman–Crippen LogP) is 2.88. The summed E-state index contributed by atoms with van der Waals surface area (Å²) in [6.07, 6.45) is 0.908. The lowest BCUT2D eigenvalue weighted by Crippen LogP contribution is -2.46. The predicted molar refractivity (Wildman–Crippen MR) is 98.8 cm³/mol. The molecule has 3 rings (SSSR count). The number of amides is 1. The highest BCUT2D eigenvalue weighted by Crippen LogP contribution is 2.24. The van der Waals surface area contributed by atoms with E-state index in [-0.39, 0.29) is 0 Å². The van der Waals surface area contributed by atoms with E-state index in [1.165, 1.54) is 5.56 Å². The summed E-state index contributed by atoms with van der Waals surface area (Å²) in [7, 11) is 0. The van der Waals surface area contributed by atoms with Crippen LogP contribution in [0, 0.1) is 13.8 Å². The van der Waals surface area contributed by atoms with Crippen LogP contribution in [0.15, 0.2) is 28.7 Å². The van der Waals surface area contributed by atoms with Gasteiger partial charge in [-0.2, -0.15) is 4.98 Å². The molecule has 1 aliphatic heterocycles. The molecule has 1 aromatic carbocycles. The molecule has 0 unspecified atom stereocenters. The third kappa shape index (κ3) is 3.84. The Balaban J connectivity index is 1.78. The van der Waals surface area contributed by atoms with Crippen molar-refractivity contribution in [1.29, 1.82) is 0 Å². The second-order valence-corrected chi connectivity index (χ2v) is 6.76. The summed E-state index contributed by atoms with van der Waals surface area (Å²) in [5, 5.41) is 3.27. The van der Waals surface area contributed by atoms with Gasteiger partial charge in [-0.15, -0.1) is 0 Å². The molecule has 0 aliphatic carbocycles. The van der Waals surface area contributed by atoms with Crippen LogP contribution in [0.3, 0.4) is 0 Å². The maximum absolute atomic E-state index is 10.8. The lowest BCUT2D eigenvalue weighted by molar-refractivity contribution is -0.118. The van der Waals surface area contributed by atoms with Crippen LogP contribution in [0.25, 0.3) is 0 Å². The average molecular weight is 390 g/mol. The Bertz CT molecular complexity index is 744. The lowest BCUT2D eigenvalue weighted by Gasteiger charge is -2.33. The van der Waals surface area contributed by atoms with Gasteiger partial charge in [-0.1, -0.05) is 22.0 Å². The molecule has 0 atom stereocenters. The van der Waals surface area contributed by atoms with Gasteiger partial charge in [0.25, 0.3) is 0 Å². The highest BCUT2D eigenvalue weighted by atomic mass is 79.9. The number of carbonyl (C=O) groups excluding carboxylic acids is 1. The van der Waals surface area contributed by atoms with Crippen LogP contribution < -0.4 is 10.2 Å². The van der Waals surface area contributed by atoms with Gasteiger partial charge in [0.15, 0.2) is 0 Å². The molecule has 0 bridgehead atoms. The van der Waals surface area contributed by atoms with Gasteiger partial charge in [0.2, 0.25) is 12.4 Å². The molecule has 2 aromatic rings. The standard InChI is InChI=1S/C17H20BrN5O/c1-12-3-4-14(10-15(12)18)20-17-19-13(2)9-16(21-17)23-7-5-22(11-24)6-8-23/h3-4,9-11H,5-8H2,1-2H3,(H,19,20,21). The number of hydrogen-bond acceptors (Lipinski definition) is 5. The minimum Gasteiger partial charge on any atom is -0.353 e. The zero-order chi connectivity index (χ0) is 17.1. The Hall–Kier alpha value is -2.15. The van der Waals surface area contributed by atoms with Crippen LogP contribution in [0.1, 0.15) is 11.3 Å². The first-order valence-corrected chi connectivity index (χ1v) is 8.67. The van der Waals surface area contributed by atoms with Gasteiger partial charge in [0, 0.05) is 48.1 Å². The number of carbonyl (C=O) groups is 1. The zero-order valence-corrected chi connectivity index (χ0v) is 15.4. The second kappa shape index (κ2) is 7.17. The van der Waals surface area contributed by atoms with E-state index in [1.807, 2.05) is 38.1 Å². The minimum atomic E-state index is 0.582. The maximum Gasteiger partial charge on any atom is 0.229 e. The summed E-state index contributed by atoms with van der Waals surface area (Å²) in [6.45, 7) is 7.02. The monoisotopic (exact) mass is 389 g/mol. The molecule has 7 heteroatoms. The Kier molecular flexibility index (Phi) is 4.99. The van der Waals surface area contributed by atoms with Gasteiger partial charge in [-0.05, 0) is 31.5 Å². The molecule has 2 heterocycles. The number of aromatic nitrogens is 2. The van der Waals surface area contributed by atoms with Crippen LogP contribution in [0.5, 0.6) is 0 Å². The minimum absolute atomic E-state index is 0.582. The first-order chi connectivity index (χ1) is 11.5. The number of aryl methyl sites for hydroxylation is 2. The fraction of sp³-hybridized carbons (Fsp3) is 0.353. The first-order valence-electron chi connectivity index (χ1n) is 7.88. The molecule has 126 valence electrons. The molecule has 0 spiro atoms. The summed E-state index contributed by atoms with van der Waals surface area (Å²) < 4.78 is 1.05. The lowest BCUT2D eigenvalue weighted by atomic mass is 10.2. The van der Waals surface area contributed by atoms with E-state index in [0.29, 0.717) is 5.95 Å². The molecular formula is C17H20BrN5O. The van der Waals surface area contributed by atoms with Crippen molar-refractivity contribution >= 4 is 39.8 Å². The Labute approximate surface area is 150 Å². The molecule has 1 amide bonds. The molecule has 24 heavy (non-hydrogen) atoms. The van der Waals surface area contributed by atoms with E-state index in [1.54, 1.807) is 4.90 Å². The highest BCUT2D eigenvalue weighted by molar-refractivity contribution is 9.10. The molecule has 6 nitrogen and oxygen atoms in total. The van der Waals surface area contributed by atoms with E-state index in [2.05, 4.69) is 36.1 Å². The van der Waals surface area contributed by atoms with Crippen molar-refractivity contribution in [3.05, 3.63) is 40.0 Å². The van der Waals surface area contributed by atoms with E-state index in [0.717, 1.165) is 54.3 Å². The molecule has 1 aliphatic rings. The fourth-order valence-corrected chi connectivity index (χ4v) is 3.00. The summed E-state index contributed by atoms with van der Waals surface area (Å²) >= 11 is 3.54. The zero-order valence-electron chi connectivity index (χ0n) is 13.8. The summed E-state index contributed by atoms with van der Waals surface area (Å²) in [6, 6.07) is 8.05. The first kappa shape index (κ1) is 16.7. The van der Waals surface area contributed by atoms with Gasteiger partial charge in [-0.3, -0.25) is 4.79 Å². The van der Waals surface area contributed by atoms with Crippen molar-refractivity contribution < 1.29 is 4.79 Å². The van der Waals surface area contributed by atoms with E-state index in [9.17, 15) is 4.79 Å². The smallest absolute Gasteiger partial charge is 0.229 e. The number of hydrogen-bond donors (Lipinski definition) is 1. The molecule has 1 aromatic heterocycles. The average Bonchev–Trinajstić information content (AvgIpc) is 2.58. The summed E-state index contributed by atoms with van der Waals surface area (Å²) in [5.74, 6) is 1.47. The third-order valence-electron chi connectivity index (χ3n) is 4.06. The van der Waals surface area contributed by atoms with E-state index >= 15 is 0 Å². The Morgan fingerprint density at radius 2 is 1.88 bits per heavy atom. The van der Waals surface area contributed by atoms with Gasteiger partial charge in [0.05, 0.1) is 0 Å². The fourth-order valence-electron chi connectivity index (χ4n) is 2.63. The van der Waals surface area contributed by atoms with Gasteiger partial charge < -0.3 is 15.1 Å². The molecule has 1 saturated heterocycles. The van der Waals surface area contributed by atoms with Gasteiger partial charge in [-0.25, -0.2) is 4.98 Å². The number of piperazine rings is 1. The topological polar surface area (TPSA) is 61.4 Å². The van der Waals surface area contributed by atoms with Gasteiger partial charge in [0.1, 0.15) is 5.82 Å². The van der Waals surface area contributed by atoms with E-state index in [4.69, 9.17) is 0 Å². The summed E-state index contributed by atoms with van der Waals surface area (Å²) in [5.41, 5.74) is 3.03. The molecule has 0 radical (unpaired) electrons. The van der Waals surface area contributed by atoms with Crippen molar-refractivity contribution in [2.24, 2.45) is 0 Å². The Morgan fingerprint density at radius 1 is 1.12 bits per heavy atom. The normalized spacial score (nSPS) is 14.6. The maximum atomic E-state index is 10.8. The van der Waals surface area contributed by atoms with Gasteiger partial charge >= 0.3 is 0 Å².